The van der Waals surface area contributed by atoms with Gasteiger partial charge in [-0.3, -0.25) is 0 Å². The van der Waals surface area contributed by atoms with E-state index in [0.29, 0.717) is 0 Å². The highest BCUT2D eigenvalue weighted by molar-refractivity contribution is 5.49. The first-order chi connectivity index (χ1) is 6.84. The minimum atomic E-state index is 1.22. The van der Waals surface area contributed by atoms with Crippen LogP contribution in [0, 0.1) is 6.92 Å². The maximum atomic E-state index is 2.39. The summed E-state index contributed by atoms with van der Waals surface area (Å²) in [5.41, 5.74) is 2.62. The maximum Gasteiger partial charge on any atom is 0.0173 e. The standard InChI is InChI=1S/C13H17N/c1-12-4-6-13(7-5-12)8-11-14-9-2-3-10-14/h4-8,11H,2-3,9-10H2,1H3. The van der Waals surface area contributed by atoms with Crippen LogP contribution in [0.1, 0.15) is 24.0 Å². The summed E-state index contributed by atoms with van der Waals surface area (Å²) in [5.74, 6) is 0. The van der Waals surface area contributed by atoms with Gasteiger partial charge in [0.1, 0.15) is 0 Å². The fourth-order valence-corrected chi connectivity index (χ4v) is 1.76. The third kappa shape index (κ3) is 2.38. The van der Waals surface area contributed by atoms with E-state index >= 15 is 0 Å². The second-order valence-electron chi connectivity index (χ2n) is 3.97. The second kappa shape index (κ2) is 4.32. The summed E-state index contributed by atoms with van der Waals surface area (Å²) in [5, 5.41) is 0. The topological polar surface area (TPSA) is 3.24 Å². The van der Waals surface area contributed by atoms with Gasteiger partial charge in [-0.15, -0.1) is 0 Å². The molecule has 0 unspecified atom stereocenters. The van der Waals surface area contributed by atoms with Gasteiger partial charge in [-0.25, -0.2) is 0 Å². The van der Waals surface area contributed by atoms with Gasteiger partial charge < -0.3 is 4.90 Å². The van der Waals surface area contributed by atoms with E-state index in [1.165, 1.54) is 37.1 Å². The predicted octanol–water partition coefficient (Wildman–Crippen LogP) is 3.06. The van der Waals surface area contributed by atoms with E-state index in [1.807, 2.05) is 0 Å². The van der Waals surface area contributed by atoms with Gasteiger partial charge in [0.25, 0.3) is 0 Å². The molecule has 2 rings (SSSR count). The molecule has 1 fully saturated rings. The Balaban J connectivity index is 1.99. The SMILES string of the molecule is Cc1ccc(C=CN2CCCC2)cc1. The Hall–Kier alpha value is -1.24. The predicted molar refractivity (Wildman–Crippen MR) is 61.0 cm³/mol. The lowest BCUT2D eigenvalue weighted by Crippen LogP contribution is -2.09. The van der Waals surface area contributed by atoms with Crippen LogP contribution in [-0.4, -0.2) is 18.0 Å². The molecule has 14 heavy (non-hydrogen) atoms. The molecule has 0 bridgehead atoms. The van der Waals surface area contributed by atoms with Crippen molar-refractivity contribution in [1.82, 2.24) is 4.90 Å². The molecule has 0 saturated carbocycles. The average molecular weight is 187 g/mol. The molecule has 1 saturated heterocycles. The van der Waals surface area contributed by atoms with Crippen molar-refractivity contribution in [2.24, 2.45) is 0 Å². The molecule has 1 heterocycles. The molecule has 1 aliphatic heterocycles. The van der Waals surface area contributed by atoms with Crippen molar-refractivity contribution in [1.29, 1.82) is 0 Å². The number of hydrogen-bond donors (Lipinski definition) is 0. The zero-order chi connectivity index (χ0) is 9.80. The van der Waals surface area contributed by atoms with E-state index in [1.54, 1.807) is 0 Å². The van der Waals surface area contributed by atoms with Crippen molar-refractivity contribution in [2.75, 3.05) is 13.1 Å². The maximum absolute atomic E-state index is 2.39. The molecular weight excluding hydrogens is 170 g/mol. The number of nitrogens with zero attached hydrogens (tertiary/aromatic N) is 1. The molecule has 1 aliphatic rings. The Morgan fingerprint density at radius 2 is 1.71 bits per heavy atom. The quantitative estimate of drug-likeness (QED) is 0.687. The first-order valence-electron chi connectivity index (χ1n) is 5.33. The Morgan fingerprint density at radius 3 is 2.36 bits per heavy atom. The third-order valence-electron chi connectivity index (χ3n) is 2.70. The van der Waals surface area contributed by atoms with Crippen molar-refractivity contribution < 1.29 is 0 Å². The number of hydrogen-bond acceptors (Lipinski definition) is 1. The Labute approximate surface area is 86.1 Å². The average Bonchev–Trinajstić information content (AvgIpc) is 2.70. The van der Waals surface area contributed by atoms with Crippen molar-refractivity contribution >= 4 is 6.08 Å². The molecule has 0 spiro atoms. The summed E-state index contributed by atoms with van der Waals surface area (Å²) < 4.78 is 0. The first-order valence-corrected chi connectivity index (χ1v) is 5.33. The molecule has 0 amide bonds. The number of rotatable bonds is 2. The number of aryl methyl sites for hydroxylation is 1. The monoisotopic (exact) mass is 187 g/mol. The van der Waals surface area contributed by atoms with Crippen LogP contribution in [0.4, 0.5) is 0 Å². The zero-order valence-corrected chi connectivity index (χ0v) is 8.74. The van der Waals surface area contributed by atoms with Crippen LogP contribution in [0.3, 0.4) is 0 Å². The summed E-state index contributed by atoms with van der Waals surface area (Å²) in [6, 6.07) is 8.65. The molecule has 74 valence electrons. The summed E-state index contributed by atoms with van der Waals surface area (Å²) in [6.07, 6.45) is 7.11. The number of benzene rings is 1. The van der Waals surface area contributed by atoms with Crippen molar-refractivity contribution in [3.05, 3.63) is 41.6 Å². The van der Waals surface area contributed by atoms with Gasteiger partial charge in [-0.05, 0) is 37.6 Å². The molecule has 1 aromatic rings. The summed E-state index contributed by atoms with van der Waals surface area (Å²) in [4.78, 5) is 2.39. The highest BCUT2D eigenvalue weighted by atomic mass is 15.1. The Kier molecular flexibility index (Phi) is 2.87. The van der Waals surface area contributed by atoms with E-state index in [0.717, 1.165) is 0 Å². The van der Waals surface area contributed by atoms with Gasteiger partial charge in [-0.2, -0.15) is 0 Å². The molecule has 1 heteroatoms. The largest absolute Gasteiger partial charge is 0.377 e. The highest BCUT2D eigenvalue weighted by Gasteiger charge is 2.05. The fourth-order valence-electron chi connectivity index (χ4n) is 1.76. The van der Waals surface area contributed by atoms with Gasteiger partial charge in [-0.1, -0.05) is 29.8 Å². The van der Waals surface area contributed by atoms with Gasteiger partial charge in [0, 0.05) is 13.1 Å². The lowest BCUT2D eigenvalue weighted by atomic mass is 10.1. The molecule has 0 radical (unpaired) electrons. The third-order valence-corrected chi connectivity index (χ3v) is 2.70. The number of likely N-dealkylation sites (tertiary alicyclic amines) is 1. The van der Waals surface area contributed by atoms with E-state index in [2.05, 4.69) is 48.4 Å². The fraction of sp³-hybridized carbons (Fsp3) is 0.385. The van der Waals surface area contributed by atoms with Crippen LogP contribution in [0.5, 0.6) is 0 Å². The lowest BCUT2D eigenvalue weighted by molar-refractivity contribution is 0.471. The van der Waals surface area contributed by atoms with Gasteiger partial charge in [0.2, 0.25) is 0 Å². The smallest absolute Gasteiger partial charge is 0.0173 e. The molecular formula is C13H17N. The van der Waals surface area contributed by atoms with Gasteiger partial charge in [0.05, 0.1) is 0 Å². The van der Waals surface area contributed by atoms with Crippen LogP contribution in [0.25, 0.3) is 6.08 Å². The minimum absolute atomic E-state index is 1.22. The van der Waals surface area contributed by atoms with E-state index in [-0.39, 0.29) is 0 Å². The summed E-state index contributed by atoms with van der Waals surface area (Å²) in [6.45, 7) is 4.57. The van der Waals surface area contributed by atoms with Crippen LogP contribution in [-0.2, 0) is 0 Å². The van der Waals surface area contributed by atoms with Crippen molar-refractivity contribution in [3.63, 3.8) is 0 Å². The summed E-state index contributed by atoms with van der Waals surface area (Å²) >= 11 is 0. The molecule has 0 N–H and O–H groups in total. The zero-order valence-electron chi connectivity index (χ0n) is 8.74. The van der Waals surface area contributed by atoms with E-state index in [4.69, 9.17) is 0 Å². The molecule has 1 aromatic carbocycles. The Morgan fingerprint density at radius 1 is 1.07 bits per heavy atom. The van der Waals surface area contributed by atoms with Crippen molar-refractivity contribution in [2.45, 2.75) is 19.8 Å². The van der Waals surface area contributed by atoms with Crippen LogP contribution in [0.2, 0.25) is 0 Å². The van der Waals surface area contributed by atoms with E-state index < -0.39 is 0 Å². The van der Waals surface area contributed by atoms with E-state index in [9.17, 15) is 0 Å². The van der Waals surface area contributed by atoms with Gasteiger partial charge in [0.15, 0.2) is 0 Å². The highest BCUT2D eigenvalue weighted by Crippen LogP contribution is 2.10. The van der Waals surface area contributed by atoms with Crippen LogP contribution < -0.4 is 0 Å². The van der Waals surface area contributed by atoms with Gasteiger partial charge >= 0.3 is 0 Å². The minimum Gasteiger partial charge on any atom is -0.377 e. The Bertz CT molecular complexity index is 305. The molecule has 1 nitrogen and oxygen atoms in total. The van der Waals surface area contributed by atoms with Crippen LogP contribution in [0.15, 0.2) is 30.5 Å². The van der Waals surface area contributed by atoms with Crippen LogP contribution >= 0.6 is 0 Å². The molecule has 0 aromatic heterocycles. The first kappa shape index (κ1) is 9.32. The molecule has 0 aliphatic carbocycles. The summed E-state index contributed by atoms with van der Waals surface area (Å²) in [7, 11) is 0. The molecule has 0 atom stereocenters. The normalized spacial score (nSPS) is 16.8. The lowest BCUT2D eigenvalue weighted by Gasteiger charge is -2.09. The van der Waals surface area contributed by atoms with Crippen molar-refractivity contribution in [3.8, 4) is 0 Å². The second-order valence-corrected chi connectivity index (χ2v) is 3.97.